The Kier molecular flexibility index (Phi) is 4.77. The molecule has 2 aliphatic rings. The molecule has 2 amide bonds. The number of imide groups is 1. The number of hydrogen-bond donors (Lipinski definition) is 1. The molecule has 2 heterocycles. The fourth-order valence-corrected chi connectivity index (χ4v) is 3.66. The third-order valence-corrected chi connectivity index (χ3v) is 5.28. The molecule has 0 saturated carbocycles. The lowest BCUT2D eigenvalue weighted by Gasteiger charge is -2.14. The van der Waals surface area contributed by atoms with Crippen LogP contribution in [0.25, 0.3) is 6.08 Å². The minimum Gasteiger partial charge on any atom is -0.454 e. The second-order valence-corrected chi connectivity index (χ2v) is 7.10. The monoisotopic (exact) mass is 382 g/mol. The molecule has 2 aliphatic heterocycles. The second kappa shape index (κ2) is 7.36. The van der Waals surface area contributed by atoms with Crippen LogP contribution in [0.5, 0.6) is 11.5 Å². The number of anilines is 1. The summed E-state index contributed by atoms with van der Waals surface area (Å²) >= 11 is 0.938. The Morgan fingerprint density at radius 2 is 1.89 bits per heavy atom. The van der Waals surface area contributed by atoms with Crippen molar-refractivity contribution in [3.63, 3.8) is 0 Å². The third-order valence-electron chi connectivity index (χ3n) is 4.37. The summed E-state index contributed by atoms with van der Waals surface area (Å²) in [6.07, 6.45) is 2.66. The first-order valence-electron chi connectivity index (χ1n) is 8.62. The number of ether oxygens (including phenoxy) is 2. The SMILES string of the molecule is CCc1ccc(NCN2C(=O)SC(=Cc3ccc4c(c3)OCO4)C2=O)cc1. The molecule has 4 rings (SSSR count). The number of amides is 2. The Hall–Kier alpha value is -2.93. The first kappa shape index (κ1) is 17.5. The molecule has 7 heteroatoms. The van der Waals surface area contributed by atoms with Crippen molar-refractivity contribution >= 4 is 34.7 Å². The Morgan fingerprint density at radius 3 is 2.67 bits per heavy atom. The van der Waals surface area contributed by atoms with Gasteiger partial charge < -0.3 is 14.8 Å². The third kappa shape index (κ3) is 3.64. The number of nitrogens with zero attached hydrogens (tertiary/aromatic N) is 1. The molecule has 0 unspecified atom stereocenters. The molecule has 138 valence electrons. The molecule has 0 atom stereocenters. The summed E-state index contributed by atoms with van der Waals surface area (Å²) in [5, 5.41) is 2.84. The van der Waals surface area contributed by atoms with Crippen molar-refractivity contribution in [2.24, 2.45) is 0 Å². The Bertz CT molecular complexity index is 924. The Labute approximate surface area is 161 Å². The van der Waals surface area contributed by atoms with E-state index in [4.69, 9.17) is 9.47 Å². The molecular weight excluding hydrogens is 364 g/mol. The summed E-state index contributed by atoms with van der Waals surface area (Å²) < 4.78 is 10.6. The van der Waals surface area contributed by atoms with Crippen LogP contribution in [0.3, 0.4) is 0 Å². The van der Waals surface area contributed by atoms with Crippen molar-refractivity contribution in [2.75, 3.05) is 18.8 Å². The molecule has 1 N–H and O–H groups in total. The zero-order chi connectivity index (χ0) is 18.8. The molecule has 27 heavy (non-hydrogen) atoms. The zero-order valence-corrected chi connectivity index (χ0v) is 15.5. The zero-order valence-electron chi connectivity index (χ0n) is 14.7. The number of nitrogens with one attached hydrogen (secondary N) is 1. The first-order valence-corrected chi connectivity index (χ1v) is 9.43. The fraction of sp³-hybridized carbons (Fsp3) is 0.200. The summed E-state index contributed by atoms with van der Waals surface area (Å²) in [6, 6.07) is 13.4. The van der Waals surface area contributed by atoms with E-state index in [1.165, 1.54) is 10.5 Å². The van der Waals surface area contributed by atoms with Crippen LogP contribution in [-0.2, 0) is 11.2 Å². The second-order valence-electron chi connectivity index (χ2n) is 6.11. The quantitative estimate of drug-likeness (QED) is 0.786. The number of aryl methyl sites for hydroxylation is 1. The molecule has 1 fully saturated rings. The van der Waals surface area contributed by atoms with Crippen LogP contribution >= 0.6 is 11.8 Å². The van der Waals surface area contributed by atoms with Crippen molar-refractivity contribution in [3.05, 3.63) is 58.5 Å². The molecule has 0 spiro atoms. The Balaban J connectivity index is 1.45. The van der Waals surface area contributed by atoms with E-state index in [2.05, 4.69) is 12.2 Å². The minimum absolute atomic E-state index is 0.134. The van der Waals surface area contributed by atoms with Crippen LogP contribution in [0.4, 0.5) is 10.5 Å². The highest BCUT2D eigenvalue weighted by Gasteiger charge is 2.34. The standard InChI is InChI=1S/C20H18N2O4S/c1-2-13-3-6-15(7-4-13)21-11-22-19(23)18(27-20(22)24)10-14-5-8-16-17(9-14)26-12-25-16/h3-10,21H,2,11-12H2,1H3. The van der Waals surface area contributed by atoms with Gasteiger partial charge in [0.15, 0.2) is 11.5 Å². The number of rotatable bonds is 5. The molecule has 0 aliphatic carbocycles. The molecule has 0 bridgehead atoms. The maximum absolute atomic E-state index is 12.6. The van der Waals surface area contributed by atoms with E-state index in [9.17, 15) is 9.59 Å². The lowest BCUT2D eigenvalue weighted by atomic mass is 10.1. The first-order chi connectivity index (χ1) is 13.1. The normalized spacial score (nSPS) is 17.1. The van der Waals surface area contributed by atoms with Crippen molar-refractivity contribution in [2.45, 2.75) is 13.3 Å². The predicted molar refractivity (Wildman–Crippen MR) is 105 cm³/mol. The maximum Gasteiger partial charge on any atom is 0.295 e. The maximum atomic E-state index is 12.6. The lowest BCUT2D eigenvalue weighted by molar-refractivity contribution is -0.122. The number of benzene rings is 2. The van der Waals surface area contributed by atoms with Gasteiger partial charge >= 0.3 is 0 Å². The van der Waals surface area contributed by atoms with Gasteiger partial charge in [-0.05, 0) is 59.7 Å². The smallest absolute Gasteiger partial charge is 0.295 e. The fourth-order valence-electron chi connectivity index (χ4n) is 2.82. The van der Waals surface area contributed by atoms with E-state index in [1.807, 2.05) is 30.3 Å². The van der Waals surface area contributed by atoms with Crippen LogP contribution in [-0.4, -0.2) is 29.5 Å². The molecule has 0 radical (unpaired) electrons. The average Bonchev–Trinajstić information content (AvgIpc) is 3.25. The number of carbonyl (C=O) groups is 2. The minimum atomic E-state index is -0.305. The largest absolute Gasteiger partial charge is 0.454 e. The lowest BCUT2D eigenvalue weighted by Crippen LogP contribution is -2.33. The molecule has 6 nitrogen and oxygen atoms in total. The molecule has 2 aromatic carbocycles. The van der Waals surface area contributed by atoms with Gasteiger partial charge in [-0.3, -0.25) is 14.5 Å². The average molecular weight is 382 g/mol. The van der Waals surface area contributed by atoms with Crippen molar-refractivity contribution in [1.82, 2.24) is 4.90 Å². The van der Waals surface area contributed by atoms with Crippen LogP contribution in [0.1, 0.15) is 18.1 Å². The van der Waals surface area contributed by atoms with Gasteiger partial charge in [0.1, 0.15) is 0 Å². The van der Waals surface area contributed by atoms with E-state index in [1.54, 1.807) is 18.2 Å². The van der Waals surface area contributed by atoms with Gasteiger partial charge in [-0.2, -0.15) is 0 Å². The van der Waals surface area contributed by atoms with E-state index in [0.717, 1.165) is 29.4 Å². The highest BCUT2D eigenvalue weighted by Crippen LogP contribution is 2.36. The van der Waals surface area contributed by atoms with Gasteiger partial charge in [-0.1, -0.05) is 25.1 Å². The van der Waals surface area contributed by atoms with Gasteiger partial charge in [-0.25, -0.2) is 0 Å². The van der Waals surface area contributed by atoms with E-state index in [-0.39, 0.29) is 24.6 Å². The summed E-state index contributed by atoms with van der Waals surface area (Å²) in [7, 11) is 0. The van der Waals surface area contributed by atoms with Crippen molar-refractivity contribution in [1.29, 1.82) is 0 Å². The number of thioether (sulfide) groups is 1. The van der Waals surface area contributed by atoms with Crippen LogP contribution < -0.4 is 14.8 Å². The Morgan fingerprint density at radius 1 is 1.11 bits per heavy atom. The van der Waals surface area contributed by atoms with E-state index in [0.29, 0.717) is 16.4 Å². The highest BCUT2D eigenvalue weighted by atomic mass is 32.2. The molecule has 0 aromatic heterocycles. The predicted octanol–water partition coefficient (Wildman–Crippen LogP) is 4.08. The molecule has 1 saturated heterocycles. The summed E-state index contributed by atoms with van der Waals surface area (Å²) in [5.41, 5.74) is 2.89. The van der Waals surface area contributed by atoms with E-state index >= 15 is 0 Å². The summed E-state index contributed by atoms with van der Waals surface area (Å²) in [5.74, 6) is 1.01. The van der Waals surface area contributed by atoms with Gasteiger partial charge in [0.25, 0.3) is 11.1 Å². The van der Waals surface area contributed by atoms with Crippen molar-refractivity contribution in [3.8, 4) is 11.5 Å². The summed E-state index contributed by atoms with van der Waals surface area (Å²) in [4.78, 5) is 26.4. The van der Waals surface area contributed by atoms with Crippen LogP contribution in [0, 0.1) is 0 Å². The number of carbonyl (C=O) groups excluding carboxylic acids is 2. The summed E-state index contributed by atoms with van der Waals surface area (Å²) in [6.45, 7) is 2.42. The molecular formula is C20H18N2O4S. The van der Waals surface area contributed by atoms with Gasteiger partial charge in [0.05, 0.1) is 11.6 Å². The highest BCUT2D eigenvalue weighted by molar-refractivity contribution is 8.18. The molecule has 2 aromatic rings. The van der Waals surface area contributed by atoms with E-state index < -0.39 is 0 Å². The van der Waals surface area contributed by atoms with Crippen LogP contribution in [0.2, 0.25) is 0 Å². The number of fused-ring (bicyclic) bond motifs is 1. The number of hydrogen-bond acceptors (Lipinski definition) is 6. The van der Waals surface area contributed by atoms with Gasteiger partial charge in [-0.15, -0.1) is 0 Å². The van der Waals surface area contributed by atoms with Crippen LogP contribution in [0.15, 0.2) is 47.4 Å². The van der Waals surface area contributed by atoms with Gasteiger partial charge in [0, 0.05) is 5.69 Å². The van der Waals surface area contributed by atoms with Crippen molar-refractivity contribution < 1.29 is 19.1 Å². The van der Waals surface area contributed by atoms with Gasteiger partial charge in [0.2, 0.25) is 6.79 Å². The topological polar surface area (TPSA) is 67.9 Å².